The van der Waals surface area contributed by atoms with Crippen molar-refractivity contribution in [3.8, 4) is 0 Å². The molecule has 3 fully saturated rings. The van der Waals surface area contributed by atoms with E-state index in [0.29, 0.717) is 18.9 Å². The standard InChI is InChI=1S/C34H58N4O9/c1-20-21-14-25(26(40)16-21)24(20)15-22(28(35)41)18-34(4,32(45)47-27-8-13-46-30(27)43)19-23(29(42)36-10-12-39)17-33(2,3)31(44)37-9-7-11-38(5)6/h20-27,39-40H,7-19H2,1-6H3,(H2,35,41)(H,36,42)(H,37,44). The van der Waals surface area contributed by atoms with Crippen LogP contribution in [0.2, 0.25) is 0 Å². The molecule has 13 nitrogen and oxygen atoms in total. The van der Waals surface area contributed by atoms with Gasteiger partial charge in [0.05, 0.1) is 24.7 Å². The van der Waals surface area contributed by atoms with E-state index in [1.807, 2.05) is 19.0 Å². The van der Waals surface area contributed by atoms with Gasteiger partial charge in [-0.2, -0.15) is 0 Å². The Bertz CT molecular complexity index is 1130. The average Bonchev–Trinajstić information content (AvgIpc) is 3.67. The number of fused-ring (bicyclic) bond motifs is 2. The number of rotatable bonds is 19. The third kappa shape index (κ3) is 10.1. The molecule has 3 aliphatic rings. The van der Waals surface area contributed by atoms with Gasteiger partial charge in [0.15, 0.2) is 0 Å². The van der Waals surface area contributed by atoms with E-state index in [2.05, 4.69) is 17.6 Å². The first-order valence-corrected chi connectivity index (χ1v) is 17.2. The highest BCUT2D eigenvalue weighted by molar-refractivity contribution is 5.86. The van der Waals surface area contributed by atoms with Gasteiger partial charge in [0.1, 0.15) is 0 Å². The molecular weight excluding hydrogens is 608 g/mol. The van der Waals surface area contributed by atoms with E-state index in [9.17, 15) is 34.2 Å². The van der Waals surface area contributed by atoms with Crippen molar-refractivity contribution >= 4 is 29.7 Å². The summed E-state index contributed by atoms with van der Waals surface area (Å²) in [6.07, 6.45) is 1.35. The number of hydrogen-bond donors (Lipinski definition) is 5. The van der Waals surface area contributed by atoms with E-state index < -0.39 is 58.6 Å². The Morgan fingerprint density at radius 1 is 1.06 bits per heavy atom. The van der Waals surface area contributed by atoms with E-state index in [1.54, 1.807) is 20.8 Å². The van der Waals surface area contributed by atoms with E-state index in [4.69, 9.17) is 15.2 Å². The highest BCUT2D eigenvalue weighted by Gasteiger charge is 2.52. The van der Waals surface area contributed by atoms with Crippen LogP contribution < -0.4 is 16.4 Å². The second kappa shape index (κ2) is 16.6. The van der Waals surface area contributed by atoms with E-state index in [-0.39, 0.29) is 69.1 Å². The number of ether oxygens (including phenoxy) is 2. The SMILES string of the molecule is CC1C2CC(O)C(C2)C1CC(CC(C)(CC(CC(C)(C)C(=O)NCCCN(C)C)C(=O)NCCO)C(=O)OC1CCOC1=O)C(N)=O. The predicted octanol–water partition coefficient (Wildman–Crippen LogP) is 0.985. The molecular formula is C34H58N4O9. The first kappa shape index (κ1) is 38.7. The fourth-order valence-corrected chi connectivity index (χ4v) is 8.05. The number of amides is 3. The van der Waals surface area contributed by atoms with Gasteiger partial charge in [-0.1, -0.05) is 20.8 Å². The van der Waals surface area contributed by atoms with Crippen LogP contribution in [-0.4, -0.2) is 104 Å². The lowest BCUT2D eigenvalue weighted by molar-refractivity contribution is -0.170. The summed E-state index contributed by atoms with van der Waals surface area (Å²) < 4.78 is 10.7. The Labute approximate surface area is 279 Å². The van der Waals surface area contributed by atoms with Gasteiger partial charge in [-0.25, -0.2) is 4.79 Å². The highest BCUT2D eigenvalue weighted by atomic mass is 16.6. The number of aliphatic hydroxyl groups is 2. The lowest BCUT2D eigenvalue weighted by Crippen LogP contribution is -2.46. The fourth-order valence-electron chi connectivity index (χ4n) is 8.05. The van der Waals surface area contributed by atoms with Crippen LogP contribution in [0.15, 0.2) is 0 Å². The van der Waals surface area contributed by atoms with E-state index in [0.717, 1.165) is 25.8 Å². The molecule has 0 aromatic carbocycles. The molecule has 3 rings (SSSR count). The molecule has 2 aliphatic carbocycles. The summed E-state index contributed by atoms with van der Waals surface area (Å²) in [6.45, 7) is 8.27. The third-order valence-electron chi connectivity index (χ3n) is 10.8. The number of nitrogens with zero attached hydrogens (tertiary/aromatic N) is 1. The zero-order valence-corrected chi connectivity index (χ0v) is 29.1. The van der Waals surface area contributed by atoms with Crippen molar-refractivity contribution in [2.75, 3.05) is 46.9 Å². The van der Waals surface area contributed by atoms with Crippen molar-refractivity contribution < 1.29 is 43.7 Å². The van der Waals surface area contributed by atoms with Crippen molar-refractivity contribution in [2.45, 2.75) is 91.3 Å². The molecule has 2 saturated carbocycles. The molecule has 1 aliphatic heterocycles. The zero-order chi connectivity index (χ0) is 35.1. The quantitative estimate of drug-likeness (QED) is 0.0979. The largest absolute Gasteiger partial charge is 0.463 e. The molecule has 47 heavy (non-hydrogen) atoms. The fraction of sp³-hybridized carbons (Fsp3) is 0.853. The number of cyclic esters (lactones) is 1. The van der Waals surface area contributed by atoms with Crippen LogP contribution in [0.5, 0.6) is 0 Å². The average molecular weight is 667 g/mol. The molecule has 1 saturated heterocycles. The van der Waals surface area contributed by atoms with Crippen molar-refractivity contribution in [3.05, 3.63) is 0 Å². The highest BCUT2D eigenvalue weighted by Crippen LogP contribution is 2.55. The molecule has 268 valence electrons. The second-order valence-electron chi connectivity index (χ2n) is 15.4. The molecule has 0 radical (unpaired) electrons. The monoisotopic (exact) mass is 666 g/mol. The molecule has 2 bridgehead atoms. The molecule has 9 atom stereocenters. The maximum atomic E-state index is 14.0. The Morgan fingerprint density at radius 3 is 2.32 bits per heavy atom. The van der Waals surface area contributed by atoms with Crippen LogP contribution in [0.4, 0.5) is 0 Å². The van der Waals surface area contributed by atoms with Crippen LogP contribution in [0.25, 0.3) is 0 Å². The van der Waals surface area contributed by atoms with Gasteiger partial charge in [0, 0.05) is 36.8 Å². The lowest BCUT2D eigenvalue weighted by Gasteiger charge is -2.38. The van der Waals surface area contributed by atoms with Gasteiger partial charge >= 0.3 is 11.9 Å². The molecule has 0 aromatic rings. The number of carbonyl (C=O) groups excluding carboxylic acids is 5. The molecule has 6 N–H and O–H groups in total. The summed E-state index contributed by atoms with van der Waals surface area (Å²) in [7, 11) is 3.90. The molecule has 0 aromatic heterocycles. The second-order valence-corrected chi connectivity index (χ2v) is 15.4. The molecule has 3 amide bonds. The van der Waals surface area contributed by atoms with Crippen LogP contribution in [0, 0.1) is 46.3 Å². The van der Waals surface area contributed by atoms with E-state index >= 15 is 0 Å². The number of nitrogens with one attached hydrogen (secondary N) is 2. The van der Waals surface area contributed by atoms with Gasteiger partial charge < -0.3 is 41.0 Å². The van der Waals surface area contributed by atoms with Gasteiger partial charge in [0.2, 0.25) is 23.8 Å². The summed E-state index contributed by atoms with van der Waals surface area (Å²) in [5.74, 6) is -3.60. The minimum Gasteiger partial charge on any atom is -0.463 e. The molecule has 1 heterocycles. The van der Waals surface area contributed by atoms with Gasteiger partial charge in [-0.3, -0.25) is 19.2 Å². The van der Waals surface area contributed by atoms with Crippen LogP contribution in [0.1, 0.15) is 79.1 Å². The van der Waals surface area contributed by atoms with Crippen molar-refractivity contribution in [1.29, 1.82) is 0 Å². The minimum absolute atomic E-state index is 0.0179. The van der Waals surface area contributed by atoms with E-state index in [1.165, 1.54) is 0 Å². The summed E-state index contributed by atoms with van der Waals surface area (Å²) in [6, 6.07) is 0. The maximum Gasteiger partial charge on any atom is 0.347 e. The number of aliphatic hydroxyl groups excluding tert-OH is 2. The Balaban J connectivity index is 1.89. The number of esters is 2. The summed E-state index contributed by atoms with van der Waals surface area (Å²) >= 11 is 0. The zero-order valence-electron chi connectivity index (χ0n) is 29.1. The topological polar surface area (TPSA) is 198 Å². The Hall–Kier alpha value is -2.77. The van der Waals surface area contributed by atoms with Crippen LogP contribution >= 0.6 is 0 Å². The Kier molecular flexibility index (Phi) is 13.6. The smallest absolute Gasteiger partial charge is 0.347 e. The van der Waals surface area contributed by atoms with Gasteiger partial charge in [-0.15, -0.1) is 0 Å². The first-order valence-electron chi connectivity index (χ1n) is 17.2. The summed E-state index contributed by atoms with van der Waals surface area (Å²) in [5.41, 5.74) is 3.50. The van der Waals surface area contributed by atoms with Gasteiger partial charge in [0.25, 0.3) is 0 Å². The summed E-state index contributed by atoms with van der Waals surface area (Å²) in [4.78, 5) is 68.2. The van der Waals surface area contributed by atoms with Crippen molar-refractivity contribution in [3.63, 3.8) is 0 Å². The summed E-state index contributed by atoms with van der Waals surface area (Å²) in [5, 5.41) is 25.7. The minimum atomic E-state index is -1.46. The van der Waals surface area contributed by atoms with Crippen molar-refractivity contribution in [1.82, 2.24) is 15.5 Å². The van der Waals surface area contributed by atoms with Crippen molar-refractivity contribution in [2.24, 2.45) is 52.1 Å². The number of hydrogen-bond acceptors (Lipinski definition) is 10. The number of carbonyl (C=O) groups is 5. The first-order chi connectivity index (χ1) is 22.0. The van der Waals surface area contributed by atoms with Crippen LogP contribution in [-0.2, 0) is 33.4 Å². The van der Waals surface area contributed by atoms with Gasteiger partial charge in [-0.05, 0) is 96.2 Å². The number of primary amides is 1. The predicted molar refractivity (Wildman–Crippen MR) is 173 cm³/mol. The molecule has 9 unspecified atom stereocenters. The normalized spacial score (nSPS) is 28.0. The molecule has 13 heteroatoms. The maximum absolute atomic E-state index is 14.0. The molecule has 0 spiro atoms. The number of nitrogens with two attached hydrogens (primary N) is 1. The Morgan fingerprint density at radius 2 is 1.74 bits per heavy atom. The lowest BCUT2D eigenvalue weighted by atomic mass is 9.67. The van der Waals surface area contributed by atoms with Crippen LogP contribution in [0.3, 0.4) is 0 Å². The third-order valence-corrected chi connectivity index (χ3v) is 10.8.